The Kier molecular flexibility index (Phi) is 3.98. The van der Waals surface area contributed by atoms with Crippen molar-refractivity contribution >= 4 is 21.6 Å². The SMILES string of the molecule is COc1ccc(-n2sc3ccncc3c2=O)cc1OC1CCCC1. The molecule has 1 saturated carbocycles. The van der Waals surface area contributed by atoms with E-state index in [-0.39, 0.29) is 11.7 Å². The zero-order valence-electron chi connectivity index (χ0n) is 13.4. The van der Waals surface area contributed by atoms with Crippen LogP contribution in [0.15, 0.2) is 41.5 Å². The molecule has 0 N–H and O–H groups in total. The van der Waals surface area contributed by atoms with Gasteiger partial charge in [0.2, 0.25) is 0 Å². The van der Waals surface area contributed by atoms with Crippen LogP contribution < -0.4 is 15.0 Å². The highest BCUT2D eigenvalue weighted by atomic mass is 32.1. The third-order valence-corrected chi connectivity index (χ3v) is 5.48. The van der Waals surface area contributed by atoms with Crippen LogP contribution in [0.1, 0.15) is 25.7 Å². The maximum absolute atomic E-state index is 12.6. The summed E-state index contributed by atoms with van der Waals surface area (Å²) < 4.78 is 14.1. The van der Waals surface area contributed by atoms with Crippen LogP contribution in [0.25, 0.3) is 15.8 Å². The van der Waals surface area contributed by atoms with E-state index in [4.69, 9.17) is 9.47 Å². The maximum atomic E-state index is 12.6. The number of fused-ring (bicyclic) bond motifs is 1. The van der Waals surface area contributed by atoms with Crippen molar-refractivity contribution in [1.82, 2.24) is 8.94 Å². The van der Waals surface area contributed by atoms with Crippen LogP contribution in [0.5, 0.6) is 11.5 Å². The number of rotatable bonds is 4. The number of ether oxygens (including phenoxy) is 2. The Morgan fingerprint density at radius 2 is 2.04 bits per heavy atom. The minimum atomic E-state index is -0.0555. The molecule has 0 aliphatic heterocycles. The van der Waals surface area contributed by atoms with Crippen LogP contribution in [0.4, 0.5) is 0 Å². The molecule has 0 amide bonds. The summed E-state index contributed by atoms with van der Waals surface area (Å²) in [6, 6.07) is 7.48. The first-order valence-corrected chi connectivity index (χ1v) is 8.85. The Hall–Kier alpha value is -2.34. The van der Waals surface area contributed by atoms with Gasteiger partial charge in [-0.2, -0.15) is 0 Å². The fraction of sp³-hybridized carbons (Fsp3) is 0.333. The van der Waals surface area contributed by atoms with Crippen molar-refractivity contribution in [3.8, 4) is 17.2 Å². The molecule has 0 atom stereocenters. The van der Waals surface area contributed by atoms with Gasteiger partial charge in [0.25, 0.3) is 5.56 Å². The van der Waals surface area contributed by atoms with Gasteiger partial charge in [-0.1, -0.05) is 11.5 Å². The molecule has 1 aliphatic carbocycles. The fourth-order valence-electron chi connectivity index (χ4n) is 3.11. The highest BCUT2D eigenvalue weighted by Gasteiger charge is 2.19. The molecule has 5 nitrogen and oxygen atoms in total. The molecule has 6 heteroatoms. The predicted octanol–water partition coefficient (Wildman–Crippen LogP) is 3.78. The molecule has 1 fully saturated rings. The van der Waals surface area contributed by atoms with Crippen molar-refractivity contribution in [2.24, 2.45) is 0 Å². The zero-order valence-corrected chi connectivity index (χ0v) is 14.2. The number of hydrogen-bond acceptors (Lipinski definition) is 5. The fourth-order valence-corrected chi connectivity index (χ4v) is 4.07. The summed E-state index contributed by atoms with van der Waals surface area (Å²) in [6.45, 7) is 0. The quantitative estimate of drug-likeness (QED) is 0.724. The summed E-state index contributed by atoms with van der Waals surface area (Å²) in [5.74, 6) is 1.39. The molecular formula is C18H18N2O3S. The van der Waals surface area contributed by atoms with Gasteiger partial charge in [-0.05, 0) is 43.9 Å². The second-order valence-corrected chi connectivity index (χ2v) is 6.91. The molecule has 1 aliphatic rings. The summed E-state index contributed by atoms with van der Waals surface area (Å²) in [5.41, 5.74) is 0.732. The third kappa shape index (κ3) is 2.67. The lowest BCUT2D eigenvalue weighted by Crippen LogP contribution is -2.13. The van der Waals surface area contributed by atoms with Gasteiger partial charge < -0.3 is 9.47 Å². The van der Waals surface area contributed by atoms with Gasteiger partial charge in [0, 0.05) is 18.5 Å². The standard InChI is InChI=1S/C18H18N2O3S/c1-22-15-7-6-12(10-16(15)23-13-4-2-3-5-13)20-18(21)14-11-19-9-8-17(14)24-20/h6-11,13H,2-5H2,1H3. The zero-order chi connectivity index (χ0) is 16.5. The van der Waals surface area contributed by atoms with E-state index in [9.17, 15) is 4.79 Å². The Morgan fingerprint density at radius 1 is 1.21 bits per heavy atom. The van der Waals surface area contributed by atoms with Crippen LogP contribution in [-0.2, 0) is 0 Å². The molecule has 4 rings (SSSR count). The van der Waals surface area contributed by atoms with Crippen LogP contribution in [0.2, 0.25) is 0 Å². The van der Waals surface area contributed by atoms with Crippen molar-refractivity contribution in [2.45, 2.75) is 31.8 Å². The summed E-state index contributed by atoms with van der Waals surface area (Å²) in [4.78, 5) is 16.6. The van der Waals surface area contributed by atoms with Gasteiger partial charge >= 0.3 is 0 Å². The van der Waals surface area contributed by atoms with Gasteiger partial charge in [0.05, 0.1) is 29.0 Å². The molecule has 0 unspecified atom stereocenters. The number of methoxy groups -OCH3 is 1. The molecule has 0 spiro atoms. The smallest absolute Gasteiger partial charge is 0.274 e. The number of hydrogen-bond donors (Lipinski definition) is 0. The van der Waals surface area contributed by atoms with E-state index in [0.717, 1.165) is 23.2 Å². The summed E-state index contributed by atoms with van der Waals surface area (Å²) in [6.07, 6.45) is 8.10. The van der Waals surface area contributed by atoms with Gasteiger partial charge in [-0.15, -0.1) is 0 Å². The molecule has 2 heterocycles. The van der Waals surface area contributed by atoms with Gasteiger partial charge in [-0.3, -0.25) is 9.78 Å². The first-order chi connectivity index (χ1) is 11.8. The molecule has 0 saturated heterocycles. The Morgan fingerprint density at radius 3 is 2.79 bits per heavy atom. The van der Waals surface area contributed by atoms with E-state index in [1.807, 2.05) is 24.3 Å². The highest BCUT2D eigenvalue weighted by Crippen LogP contribution is 2.34. The average molecular weight is 342 g/mol. The van der Waals surface area contributed by atoms with Gasteiger partial charge in [-0.25, -0.2) is 3.96 Å². The van der Waals surface area contributed by atoms with Crippen molar-refractivity contribution < 1.29 is 9.47 Å². The van der Waals surface area contributed by atoms with Gasteiger partial charge in [0.1, 0.15) is 0 Å². The lowest BCUT2D eigenvalue weighted by atomic mass is 10.2. The molecule has 0 radical (unpaired) electrons. The van der Waals surface area contributed by atoms with E-state index < -0.39 is 0 Å². The lowest BCUT2D eigenvalue weighted by molar-refractivity contribution is 0.201. The largest absolute Gasteiger partial charge is 0.493 e. The number of benzene rings is 1. The molecule has 1 aromatic carbocycles. The predicted molar refractivity (Wildman–Crippen MR) is 94.7 cm³/mol. The summed E-state index contributed by atoms with van der Waals surface area (Å²) in [5, 5.41) is 0.636. The molecule has 3 aromatic rings. The number of nitrogens with zero attached hydrogens (tertiary/aromatic N) is 2. The van der Waals surface area contributed by atoms with E-state index in [0.29, 0.717) is 16.9 Å². The Labute approximate surface area is 143 Å². The average Bonchev–Trinajstić information content (AvgIpc) is 3.23. The topological polar surface area (TPSA) is 53.4 Å². The Bertz CT molecular complexity index is 925. The molecule has 124 valence electrons. The van der Waals surface area contributed by atoms with E-state index in [2.05, 4.69) is 4.98 Å². The first kappa shape index (κ1) is 15.2. The molecule has 2 aromatic heterocycles. The highest BCUT2D eigenvalue weighted by molar-refractivity contribution is 7.14. The van der Waals surface area contributed by atoms with Crippen LogP contribution in [0, 0.1) is 0 Å². The number of pyridine rings is 1. The minimum Gasteiger partial charge on any atom is -0.493 e. The molecular weight excluding hydrogens is 324 g/mol. The maximum Gasteiger partial charge on any atom is 0.274 e. The molecule has 24 heavy (non-hydrogen) atoms. The summed E-state index contributed by atoms with van der Waals surface area (Å²) >= 11 is 1.41. The van der Waals surface area contributed by atoms with E-state index >= 15 is 0 Å². The number of aromatic nitrogens is 2. The second-order valence-electron chi connectivity index (χ2n) is 5.92. The van der Waals surface area contributed by atoms with Crippen molar-refractivity contribution in [3.05, 3.63) is 47.0 Å². The molecule has 0 bridgehead atoms. The van der Waals surface area contributed by atoms with E-state index in [1.54, 1.807) is 23.5 Å². The minimum absolute atomic E-state index is 0.0555. The van der Waals surface area contributed by atoms with Crippen molar-refractivity contribution in [3.63, 3.8) is 0 Å². The lowest BCUT2D eigenvalue weighted by Gasteiger charge is -2.16. The van der Waals surface area contributed by atoms with Gasteiger partial charge in [0.15, 0.2) is 11.5 Å². The normalized spacial score (nSPS) is 15.0. The second kappa shape index (κ2) is 6.28. The van der Waals surface area contributed by atoms with Crippen LogP contribution in [0.3, 0.4) is 0 Å². The monoisotopic (exact) mass is 342 g/mol. The van der Waals surface area contributed by atoms with Crippen LogP contribution in [-0.4, -0.2) is 22.2 Å². The first-order valence-electron chi connectivity index (χ1n) is 8.07. The summed E-state index contributed by atoms with van der Waals surface area (Å²) in [7, 11) is 1.63. The third-order valence-electron chi connectivity index (χ3n) is 4.36. The Balaban J connectivity index is 1.77. The van der Waals surface area contributed by atoms with Crippen molar-refractivity contribution in [1.29, 1.82) is 0 Å². The van der Waals surface area contributed by atoms with Crippen molar-refractivity contribution in [2.75, 3.05) is 7.11 Å². The van der Waals surface area contributed by atoms with E-state index in [1.165, 1.54) is 24.4 Å². The van der Waals surface area contributed by atoms with Crippen LogP contribution >= 0.6 is 11.5 Å².